The van der Waals surface area contributed by atoms with Crippen LogP contribution in [0.5, 0.6) is 5.75 Å². The van der Waals surface area contributed by atoms with Crippen molar-refractivity contribution in [3.05, 3.63) is 75.8 Å². The van der Waals surface area contributed by atoms with Gasteiger partial charge in [-0.2, -0.15) is 5.10 Å². The predicted molar refractivity (Wildman–Crippen MR) is 92.7 cm³/mol. The zero-order valence-corrected chi connectivity index (χ0v) is 13.8. The number of hydrogen-bond acceptors (Lipinski definition) is 4. The van der Waals surface area contributed by atoms with Crippen molar-refractivity contribution in [2.75, 3.05) is 5.43 Å². The molecule has 0 radical (unpaired) electrons. The molecule has 0 aliphatic heterocycles. The van der Waals surface area contributed by atoms with Crippen molar-refractivity contribution < 1.29 is 4.74 Å². The normalized spacial score (nSPS) is 10.5. The molecular weight excluding hydrogens is 332 g/mol. The first-order valence-electron chi connectivity index (χ1n) is 7.03. The molecule has 7 heteroatoms. The molecule has 0 aliphatic rings. The van der Waals surface area contributed by atoms with E-state index in [4.69, 9.17) is 28.6 Å². The van der Waals surface area contributed by atoms with Gasteiger partial charge in [-0.25, -0.2) is 4.68 Å². The SMILES string of the molecule is S=c1[nH]ncn1NCc1cccc(OCc2ccccc2Cl)c1. The summed E-state index contributed by atoms with van der Waals surface area (Å²) in [5.74, 6) is 0.792. The highest BCUT2D eigenvalue weighted by molar-refractivity contribution is 7.71. The van der Waals surface area contributed by atoms with Crippen molar-refractivity contribution in [3.8, 4) is 5.75 Å². The van der Waals surface area contributed by atoms with E-state index in [1.165, 1.54) is 0 Å². The van der Waals surface area contributed by atoms with Gasteiger partial charge in [0.05, 0.1) is 6.54 Å². The number of nitrogens with one attached hydrogen (secondary N) is 2. The standard InChI is InChI=1S/C16H15ClN4OS/c17-15-7-2-1-5-13(15)10-22-14-6-3-4-12(8-14)9-19-21-11-18-20-16(21)23/h1-8,11,19H,9-10H2,(H,20,23). The zero-order chi connectivity index (χ0) is 16.1. The molecule has 5 nitrogen and oxygen atoms in total. The number of aromatic nitrogens is 3. The Bertz CT molecular complexity index is 846. The topological polar surface area (TPSA) is 54.9 Å². The first-order valence-corrected chi connectivity index (χ1v) is 7.82. The Morgan fingerprint density at radius 1 is 1.22 bits per heavy atom. The van der Waals surface area contributed by atoms with Crippen LogP contribution in [0.1, 0.15) is 11.1 Å². The lowest BCUT2D eigenvalue weighted by molar-refractivity contribution is 0.306. The van der Waals surface area contributed by atoms with Crippen LogP contribution in [0.25, 0.3) is 0 Å². The van der Waals surface area contributed by atoms with Gasteiger partial charge in [0, 0.05) is 10.6 Å². The summed E-state index contributed by atoms with van der Waals surface area (Å²) in [4.78, 5) is 0. The Labute approximate surface area is 143 Å². The molecule has 0 aliphatic carbocycles. The molecule has 0 atom stereocenters. The van der Waals surface area contributed by atoms with Crippen molar-refractivity contribution in [1.82, 2.24) is 14.9 Å². The molecular formula is C16H15ClN4OS. The first-order chi connectivity index (χ1) is 11.2. The van der Waals surface area contributed by atoms with E-state index >= 15 is 0 Å². The maximum Gasteiger partial charge on any atom is 0.214 e. The van der Waals surface area contributed by atoms with Crippen molar-refractivity contribution in [3.63, 3.8) is 0 Å². The number of aromatic amines is 1. The highest BCUT2D eigenvalue weighted by Crippen LogP contribution is 2.19. The van der Waals surface area contributed by atoms with Crippen molar-refractivity contribution in [2.45, 2.75) is 13.2 Å². The molecule has 3 aromatic rings. The van der Waals surface area contributed by atoms with Crippen LogP contribution in [-0.4, -0.2) is 14.9 Å². The van der Waals surface area contributed by atoms with Gasteiger partial charge in [-0.05, 0) is 36.0 Å². The second kappa shape index (κ2) is 7.30. The number of halogens is 1. The third-order valence-corrected chi connectivity index (χ3v) is 3.91. The number of rotatable bonds is 6. The van der Waals surface area contributed by atoms with Gasteiger partial charge in [0.2, 0.25) is 4.77 Å². The Morgan fingerprint density at radius 3 is 2.87 bits per heavy atom. The Kier molecular flexibility index (Phi) is 4.95. The minimum atomic E-state index is 0.434. The monoisotopic (exact) mass is 346 g/mol. The number of ether oxygens (including phenoxy) is 1. The molecule has 2 N–H and O–H groups in total. The number of hydrogen-bond donors (Lipinski definition) is 2. The molecule has 1 heterocycles. The highest BCUT2D eigenvalue weighted by atomic mass is 35.5. The third-order valence-electron chi connectivity index (χ3n) is 3.26. The third kappa shape index (κ3) is 4.12. The van der Waals surface area contributed by atoms with Crippen LogP contribution in [-0.2, 0) is 13.2 Å². The number of H-pyrrole nitrogens is 1. The average Bonchev–Trinajstić information content (AvgIpc) is 2.98. The van der Waals surface area contributed by atoms with E-state index in [1.54, 1.807) is 11.0 Å². The number of benzene rings is 2. The quantitative estimate of drug-likeness (QED) is 0.664. The largest absolute Gasteiger partial charge is 0.489 e. The van der Waals surface area contributed by atoms with E-state index < -0.39 is 0 Å². The summed E-state index contributed by atoms with van der Waals surface area (Å²) in [6.45, 7) is 1.04. The highest BCUT2D eigenvalue weighted by Gasteiger charge is 2.02. The van der Waals surface area contributed by atoms with Gasteiger partial charge in [-0.3, -0.25) is 5.10 Å². The van der Waals surface area contributed by atoms with E-state index in [0.717, 1.165) is 16.9 Å². The van der Waals surface area contributed by atoms with E-state index in [0.29, 0.717) is 22.9 Å². The van der Waals surface area contributed by atoms with Crippen molar-refractivity contribution in [1.29, 1.82) is 0 Å². The Balaban J connectivity index is 1.62. The van der Waals surface area contributed by atoms with Crippen LogP contribution in [0, 0.1) is 4.77 Å². The predicted octanol–water partition coefficient (Wildman–Crippen LogP) is 3.92. The molecule has 0 spiro atoms. The Hall–Kier alpha value is -2.31. The summed E-state index contributed by atoms with van der Waals surface area (Å²) < 4.78 is 8.00. The molecule has 0 saturated heterocycles. The molecule has 2 aromatic carbocycles. The van der Waals surface area contributed by atoms with Gasteiger partial charge in [0.15, 0.2) is 0 Å². The van der Waals surface area contributed by atoms with Crippen LogP contribution in [0.15, 0.2) is 54.9 Å². The van der Waals surface area contributed by atoms with Gasteiger partial charge in [0.25, 0.3) is 0 Å². The van der Waals surface area contributed by atoms with E-state index in [9.17, 15) is 0 Å². The minimum absolute atomic E-state index is 0.434. The van der Waals surface area contributed by atoms with Crippen LogP contribution in [0.4, 0.5) is 0 Å². The van der Waals surface area contributed by atoms with E-state index in [-0.39, 0.29) is 0 Å². The lowest BCUT2D eigenvalue weighted by Crippen LogP contribution is -2.13. The fourth-order valence-electron chi connectivity index (χ4n) is 2.06. The zero-order valence-electron chi connectivity index (χ0n) is 12.2. The van der Waals surface area contributed by atoms with Crippen molar-refractivity contribution >= 4 is 23.8 Å². The van der Waals surface area contributed by atoms with Crippen LogP contribution in [0.3, 0.4) is 0 Å². The van der Waals surface area contributed by atoms with Gasteiger partial charge >= 0.3 is 0 Å². The van der Waals surface area contributed by atoms with Crippen LogP contribution in [0.2, 0.25) is 5.02 Å². The van der Waals surface area contributed by atoms with Gasteiger partial charge in [-0.15, -0.1) is 0 Å². The van der Waals surface area contributed by atoms with Crippen LogP contribution >= 0.6 is 23.8 Å². The van der Waals surface area contributed by atoms with Gasteiger partial charge in [0.1, 0.15) is 18.7 Å². The molecule has 0 unspecified atom stereocenters. The van der Waals surface area contributed by atoms with Crippen LogP contribution < -0.4 is 10.2 Å². The van der Waals surface area contributed by atoms with E-state index in [2.05, 4.69) is 15.6 Å². The van der Waals surface area contributed by atoms with Crippen molar-refractivity contribution in [2.24, 2.45) is 0 Å². The summed E-state index contributed by atoms with van der Waals surface area (Å²) in [6, 6.07) is 15.5. The lowest BCUT2D eigenvalue weighted by Gasteiger charge is -2.10. The smallest absolute Gasteiger partial charge is 0.214 e. The summed E-state index contributed by atoms with van der Waals surface area (Å²) in [5, 5.41) is 7.25. The maximum atomic E-state index is 6.13. The van der Waals surface area contributed by atoms with E-state index in [1.807, 2.05) is 48.5 Å². The second-order valence-electron chi connectivity index (χ2n) is 4.89. The molecule has 0 fully saturated rings. The summed E-state index contributed by atoms with van der Waals surface area (Å²) in [6.07, 6.45) is 1.60. The maximum absolute atomic E-state index is 6.13. The minimum Gasteiger partial charge on any atom is -0.489 e. The first kappa shape index (κ1) is 15.6. The molecule has 0 amide bonds. The molecule has 23 heavy (non-hydrogen) atoms. The molecule has 118 valence electrons. The average molecular weight is 347 g/mol. The molecule has 0 bridgehead atoms. The Morgan fingerprint density at radius 2 is 2.09 bits per heavy atom. The molecule has 3 rings (SSSR count). The summed E-state index contributed by atoms with van der Waals surface area (Å²) >= 11 is 11.2. The fraction of sp³-hybridized carbons (Fsp3) is 0.125. The fourth-order valence-corrected chi connectivity index (χ4v) is 2.41. The number of nitrogens with zero attached hydrogens (tertiary/aromatic N) is 2. The van der Waals surface area contributed by atoms with Gasteiger partial charge in [-0.1, -0.05) is 41.9 Å². The second-order valence-corrected chi connectivity index (χ2v) is 5.69. The molecule has 0 saturated carbocycles. The molecule has 1 aromatic heterocycles. The van der Waals surface area contributed by atoms with Gasteiger partial charge < -0.3 is 10.2 Å². The summed E-state index contributed by atoms with van der Waals surface area (Å²) in [7, 11) is 0. The summed E-state index contributed by atoms with van der Waals surface area (Å²) in [5.41, 5.74) is 5.20. The lowest BCUT2D eigenvalue weighted by atomic mass is 10.2.